The molecular weight excluding hydrogens is 188 g/mol. The Morgan fingerprint density at radius 2 is 2.27 bits per heavy atom. The summed E-state index contributed by atoms with van der Waals surface area (Å²) in [6.45, 7) is 2.78. The van der Waals surface area contributed by atoms with Crippen molar-refractivity contribution in [2.75, 3.05) is 23.8 Å². The Bertz CT molecular complexity index is 381. The standard InChI is InChI=1S/C12H16N2O.H2/c1-3-9-8-13-10-6-4-5-7-11(10)14(2)12(9)15;/h4-7,9,13H,3,8H2,1-2H3;1H/t9-;/m0./s1. The Morgan fingerprint density at radius 1 is 1.53 bits per heavy atom. The second kappa shape index (κ2) is 3.93. The van der Waals surface area contributed by atoms with E-state index < -0.39 is 0 Å². The third kappa shape index (κ3) is 1.69. The zero-order chi connectivity index (χ0) is 10.8. The summed E-state index contributed by atoms with van der Waals surface area (Å²) in [5.74, 6) is 0.289. The Hall–Kier alpha value is -1.51. The van der Waals surface area contributed by atoms with E-state index in [9.17, 15) is 4.79 Å². The summed E-state index contributed by atoms with van der Waals surface area (Å²) in [5, 5.41) is 3.32. The topological polar surface area (TPSA) is 32.3 Å². The first-order valence-electron chi connectivity index (χ1n) is 5.34. The zero-order valence-electron chi connectivity index (χ0n) is 9.16. The summed E-state index contributed by atoms with van der Waals surface area (Å²) in [5.41, 5.74) is 2.02. The second-order valence-electron chi connectivity index (χ2n) is 3.90. The third-order valence-corrected chi connectivity index (χ3v) is 2.98. The fourth-order valence-electron chi connectivity index (χ4n) is 1.95. The first-order valence-corrected chi connectivity index (χ1v) is 5.34. The lowest BCUT2D eigenvalue weighted by Gasteiger charge is -2.19. The number of hydrogen-bond donors (Lipinski definition) is 1. The van der Waals surface area contributed by atoms with Gasteiger partial charge < -0.3 is 10.2 Å². The molecule has 2 rings (SSSR count). The third-order valence-electron chi connectivity index (χ3n) is 2.98. The molecule has 1 atom stereocenters. The second-order valence-corrected chi connectivity index (χ2v) is 3.90. The van der Waals surface area contributed by atoms with Crippen LogP contribution in [0.15, 0.2) is 24.3 Å². The molecule has 15 heavy (non-hydrogen) atoms. The van der Waals surface area contributed by atoms with E-state index in [4.69, 9.17) is 0 Å². The van der Waals surface area contributed by atoms with E-state index in [-0.39, 0.29) is 13.3 Å². The molecule has 82 valence electrons. The van der Waals surface area contributed by atoms with Crippen molar-refractivity contribution in [2.45, 2.75) is 13.3 Å². The number of nitrogens with zero attached hydrogens (tertiary/aromatic N) is 1. The Balaban J connectivity index is 0.00000128. The van der Waals surface area contributed by atoms with Gasteiger partial charge in [-0.3, -0.25) is 4.79 Å². The molecule has 0 unspecified atom stereocenters. The number of nitrogens with one attached hydrogen (secondary N) is 1. The number of carbonyl (C=O) groups excluding carboxylic acids is 1. The Labute approximate surface area is 91.6 Å². The number of benzene rings is 1. The van der Waals surface area contributed by atoms with Gasteiger partial charge in [0.1, 0.15) is 0 Å². The van der Waals surface area contributed by atoms with Gasteiger partial charge in [-0.25, -0.2) is 0 Å². The highest BCUT2D eigenvalue weighted by Crippen LogP contribution is 2.29. The van der Waals surface area contributed by atoms with Crippen LogP contribution in [0.1, 0.15) is 14.8 Å². The fraction of sp³-hybridized carbons (Fsp3) is 0.417. The molecule has 1 aromatic carbocycles. The molecule has 1 aliphatic heterocycles. The molecule has 3 heteroatoms. The lowest BCUT2D eigenvalue weighted by atomic mass is 10.1. The van der Waals surface area contributed by atoms with E-state index in [1.807, 2.05) is 38.2 Å². The summed E-state index contributed by atoms with van der Waals surface area (Å²) < 4.78 is 0. The van der Waals surface area contributed by atoms with Gasteiger partial charge in [-0.15, -0.1) is 0 Å². The van der Waals surface area contributed by atoms with Crippen LogP contribution in [0.2, 0.25) is 0 Å². The van der Waals surface area contributed by atoms with Crippen LogP contribution < -0.4 is 10.2 Å². The highest BCUT2D eigenvalue weighted by molar-refractivity contribution is 5.99. The maximum absolute atomic E-state index is 12.0. The Morgan fingerprint density at radius 3 is 3.00 bits per heavy atom. The van der Waals surface area contributed by atoms with Gasteiger partial charge in [-0.2, -0.15) is 0 Å². The molecule has 0 aromatic heterocycles. The molecule has 1 heterocycles. The van der Waals surface area contributed by atoms with Crippen molar-refractivity contribution in [3.63, 3.8) is 0 Å². The van der Waals surface area contributed by atoms with Crippen molar-refractivity contribution in [1.29, 1.82) is 0 Å². The van der Waals surface area contributed by atoms with Gasteiger partial charge >= 0.3 is 0 Å². The predicted octanol–water partition coefficient (Wildman–Crippen LogP) is 2.35. The first-order chi connectivity index (χ1) is 7.24. The summed E-state index contributed by atoms with van der Waals surface area (Å²) >= 11 is 0. The molecule has 1 aliphatic rings. The summed E-state index contributed by atoms with van der Waals surface area (Å²) in [6, 6.07) is 7.92. The predicted molar refractivity (Wildman–Crippen MR) is 64.2 cm³/mol. The molecule has 0 fully saturated rings. The van der Waals surface area contributed by atoms with Crippen molar-refractivity contribution >= 4 is 17.3 Å². The smallest absolute Gasteiger partial charge is 0.231 e. The van der Waals surface area contributed by atoms with E-state index in [2.05, 4.69) is 5.32 Å². The van der Waals surface area contributed by atoms with E-state index in [0.29, 0.717) is 0 Å². The molecule has 0 saturated carbocycles. The SMILES string of the molecule is CC[C@H]1CNc2ccccc2N(C)C1=O.[HH]. The maximum atomic E-state index is 12.0. The van der Waals surface area contributed by atoms with Gasteiger partial charge in [-0.1, -0.05) is 19.1 Å². The van der Waals surface area contributed by atoms with Crippen LogP contribution in [0.25, 0.3) is 0 Å². The molecule has 0 saturated heterocycles. The fourth-order valence-corrected chi connectivity index (χ4v) is 1.95. The summed E-state index contributed by atoms with van der Waals surface area (Å²) in [4.78, 5) is 13.8. The number of rotatable bonds is 1. The minimum absolute atomic E-state index is 0. The van der Waals surface area contributed by atoms with Gasteiger partial charge in [0.25, 0.3) is 0 Å². The number of fused-ring (bicyclic) bond motifs is 1. The summed E-state index contributed by atoms with van der Waals surface area (Å²) in [7, 11) is 1.84. The van der Waals surface area contributed by atoms with E-state index in [1.165, 1.54) is 0 Å². The van der Waals surface area contributed by atoms with E-state index in [0.717, 1.165) is 24.3 Å². The first kappa shape index (κ1) is 10.0. The van der Waals surface area contributed by atoms with E-state index >= 15 is 0 Å². The van der Waals surface area contributed by atoms with Gasteiger partial charge in [0, 0.05) is 15.0 Å². The Kier molecular flexibility index (Phi) is 2.62. The van der Waals surface area contributed by atoms with Crippen LogP contribution in [-0.2, 0) is 4.79 Å². The number of amides is 1. The maximum Gasteiger partial charge on any atom is 0.231 e. The van der Waals surface area contributed by atoms with Gasteiger partial charge in [0.05, 0.1) is 17.3 Å². The minimum Gasteiger partial charge on any atom is -0.383 e. The number of hydrogen-bond acceptors (Lipinski definition) is 2. The molecule has 0 spiro atoms. The highest BCUT2D eigenvalue weighted by Gasteiger charge is 2.25. The van der Waals surface area contributed by atoms with Crippen molar-refractivity contribution in [2.24, 2.45) is 5.92 Å². The molecule has 1 aromatic rings. The molecular formula is C12H18N2O. The van der Waals surface area contributed by atoms with Crippen molar-refractivity contribution in [3.8, 4) is 0 Å². The van der Waals surface area contributed by atoms with Crippen LogP contribution in [-0.4, -0.2) is 19.5 Å². The number of anilines is 2. The van der Waals surface area contributed by atoms with Crippen LogP contribution in [0, 0.1) is 5.92 Å². The van der Waals surface area contributed by atoms with Gasteiger partial charge in [-0.05, 0) is 18.6 Å². The summed E-state index contributed by atoms with van der Waals surface area (Å²) in [6.07, 6.45) is 0.879. The lowest BCUT2D eigenvalue weighted by molar-refractivity contribution is -0.121. The number of para-hydroxylation sites is 2. The van der Waals surface area contributed by atoms with Gasteiger partial charge in [0.15, 0.2) is 0 Å². The van der Waals surface area contributed by atoms with Crippen LogP contribution >= 0.6 is 0 Å². The molecule has 0 bridgehead atoms. The van der Waals surface area contributed by atoms with Crippen molar-refractivity contribution in [1.82, 2.24) is 0 Å². The van der Waals surface area contributed by atoms with E-state index in [1.54, 1.807) is 4.90 Å². The average molecular weight is 206 g/mol. The van der Waals surface area contributed by atoms with Crippen LogP contribution in [0.5, 0.6) is 0 Å². The largest absolute Gasteiger partial charge is 0.383 e. The molecule has 0 radical (unpaired) electrons. The minimum atomic E-state index is 0. The van der Waals surface area contributed by atoms with Gasteiger partial charge in [0.2, 0.25) is 5.91 Å². The average Bonchev–Trinajstić information content (AvgIpc) is 2.39. The molecule has 1 N–H and O–H groups in total. The van der Waals surface area contributed by atoms with Crippen molar-refractivity contribution in [3.05, 3.63) is 24.3 Å². The van der Waals surface area contributed by atoms with Crippen LogP contribution in [0.4, 0.5) is 11.4 Å². The van der Waals surface area contributed by atoms with Crippen LogP contribution in [0.3, 0.4) is 0 Å². The normalized spacial score (nSPS) is 20.5. The number of carbonyl (C=O) groups is 1. The zero-order valence-corrected chi connectivity index (χ0v) is 9.16. The highest BCUT2D eigenvalue weighted by atomic mass is 16.2. The molecule has 0 aliphatic carbocycles. The quantitative estimate of drug-likeness (QED) is 0.765. The molecule has 1 amide bonds. The monoisotopic (exact) mass is 206 g/mol. The van der Waals surface area contributed by atoms with Crippen molar-refractivity contribution < 1.29 is 6.22 Å². The molecule has 3 nitrogen and oxygen atoms in total. The lowest BCUT2D eigenvalue weighted by Crippen LogP contribution is -2.33.